The third-order valence-corrected chi connectivity index (χ3v) is 4.98. The van der Waals surface area contributed by atoms with E-state index in [4.69, 9.17) is 0 Å². The summed E-state index contributed by atoms with van der Waals surface area (Å²) in [6.07, 6.45) is -2.65. The van der Waals surface area contributed by atoms with E-state index < -0.39 is 16.4 Å². The van der Waals surface area contributed by atoms with Gasteiger partial charge in [-0.2, -0.15) is 5.10 Å². The molecule has 0 saturated heterocycles. The molecule has 142 valence electrons. The van der Waals surface area contributed by atoms with Crippen molar-refractivity contribution in [1.29, 1.82) is 0 Å². The molecular weight excluding hydrogens is 376 g/mol. The highest BCUT2D eigenvalue weighted by molar-refractivity contribution is 7.92. The molecule has 0 amide bonds. The molecule has 3 N–H and O–H groups in total. The third kappa shape index (κ3) is 4.79. The van der Waals surface area contributed by atoms with Gasteiger partial charge in [0.15, 0.2) is 5.82 Å². The van der Waals surface area contributed by atoms with Crippen molar-refractivity contribution >= 4 is 27.3 Å². The van der Waals surface area contributed by atoms with Crippen molar-refractivity contribution in [3.63, 3.8) is 0 Å². The van der Waals surface area contributed by atoms with Crippen LogP contribution in [0.3, 0.4) is 0 Å². The van der Waals surface area contributed by atoms with Crippen molar-refractivity contribution in [3.05, 3.63) is 54.2 Å². The first kappa shape index (κ1) is 18.8. The van der Waals surface area contributed by atoms with Crippen molar-refractivity contribution in [3.8, 4) is 11.3 Å². The van der Waals surface area contributed by atoms with E-state index in [0.29, 0.717) is 17.2 Å². The maximum atomic E-state index is 12.7. The Morgan fingerprint density at radius 2 is 1.85 bits per heavy atom. The topological polar surface area (TPSA) is 99.8 Å². The molecule has 0 fully saturated rings. The Balaban J connectivity index is 1.73. The van der Waals surface area contributed by atoms with Crippen LogP contribution in [0.25, 0.3) is 11.3 Å². The maximum absolute atomic E-state index is 12.7. The Labute approximate surface area is 154 Å². The minimum absolute atomic E-state index is 0.00881. The zero-order valence-corrected chi connectivity index (χ0v) is 15.1. The van der Waals surface area contributed by atoms with Crippen LogP contribution in [0.4, 0.5) is 26.1 Å². The number of hydrogen-bond donors (Lipinski definition) is 3. The van der Waals surface area contributed by atoms with Crippen LogP contribution in [-0.4, -0.2) is 29.4 Å². The fourth-order valence-electron chi connectivity index (χ4n) is 2.28. The van der Waals surface area contributed by atoms with Crippen molar-refractivity contribution in [2.24, 2.45) is 0 Å². The molecular formula is C17H17F2N5O2S. The molecule has 3 aromatic rings. The lowest BCUT2D eigenvalue weighted by molar-refractivity contribution is 0.146. The molecule has 7 nitrogen and oxygen atoms in total. The van der Waals surface area contributed by atoms with Crippen LogP contribution in [0.5, 0.6) is 0 Å². The molecule has 1 aromatic carbocycles. The van der Waals surface area contributed by atoms with Gasteiger partial charge in [-0.15, -0.1) is 0 Å². The van der Waals surface area contributed by atoms with Crippen molar-refractivity contribution < 1.29 is 17.2 Å². The summed E-state index contributed by atoms with van der Waals surface area (Å²) in [5, 5.41) is 9.77. The van der Waals surface area contributed by atoms with Gasteiger partial charge >= 0.3 is 0 Å². The largest absolute Gasteiger partial charge is 0.323 e. The lowest BCUT2D eigenvalue weighted by Gasteiger charge is -2.06. The number of nitrogens with zero attached hydrogens (tertiary/aromatic N) is 2. The van der Waals surface area contributed by atoms with E-state index in [9.17, 15) is 17.2 Å². The average Bonchev–Trinajstić information content (AvgIpc) is 3.10. The van der Waals surface area contributed by atoms with E-state index in [2.05, 4.69) is 25.2 Å². The summed E-state index contributed by atoms with van der Waals surface area (Å²) in [5.41, 5.74) is 1.60. The van der Waals surface area contributed by atoms with Gasteiger partial charge < -0.3 is 5.32 Å². The molecule has 3 rings (SSSR count). The standard InChI is InChI=1S/C17H17F2N5O2S/c1-2-27(25,26)24-12-8-6-11(7-9-12)14-10-16(23-22-14)21-15-5-3-4-13(20-15)17(18)19/h3-10,17,24H,2H2,1H3,(H2,20,21,22,23). The highest BCUT2D eigenvalue weighted by atomic mass is 32.2. The minimum atomic E-state index is -3.33. The maximum Gasteiger partial charge on any atom is 0.280 e. The van der Waals surface area contributed by atoms with Gasteiger partial charge in [0.05, 0.1) is 11.4 Å². The number of pyridine rings is 1. The number of nitrogens with one attached hydrogen (secondary N) is 3. The Hall–Kier alpha value is -3.01. The highest BCUT2D eigenvalue weighted by Crippen LogP contribution is 2.24. The Morgan fingerprint density at radius 1 is 1.11 bits per heavy atom. The highest BCUT2D eigenvalue weighted by Gasteiger charge is 2.11. The molecule has 0 radical (unpaired) electrons. The van der Waals surface area contributed by atoms with Gasteiger partial charge in [-0.05, 0) is 36.8 Å². The second-order valence-electron chi connectivity index (χ2n) is 5.62. The van der Waals surface area contributed by atoms with Crippen LogP contribution in [0.15, 0.2) is 48.5 Å². The summed E-state index contributed by atoms with van der Waals surface area (Å²) in [4.78, 5) is 3.82. The van der Waals surface area contributed by atoms with Crippen LogP contribution in [0, 0.1) is 0 Å². The van der Waals surface area contributed by atoms with E-state index in [1.807, 2.05) is 0 Å². The van der Waals surface area contributed by atoms with Crippen LogP contribution >= 0.6 is 0 Å². The lowest BCUT2D eigenvalue weighted by Crippen LogP contribution is -2.14. The number of sulfonamides is 1. The Morgan fingerprint density at radius 3 is 2.52 bits per heavy atom. The summed E-state index contributed by atoms with van der Waals surface area (Å²) >= 11 is 0. The Bertz CT molecular complexity index is 1020. The second-order valence-corrected chi connectivity index (χ2v) is 7.63. The van der Waals surface area contributed by atoms with E-state index in [1.54, 1.807) is 43.3 Å². The van der Waals surface area contributed by atoms with Gasteiger partial charge in [-0.1, -0.05) is 18.2 Å². The SMILES string of the molecule is CCS(=O)(=O)Nc1ccc(-c2cc(Nc3cccc(C(F)F)n3)n[nH]2)cc1. The van der Waals surface area contributed by atoms with Crippen molar-refractivity contribution in [2.75, 3.05) is 15.8 Å². The van der Waals surface area contributed by atoms with Crippen LogP contribution in [0.2, 0.25) is 0 Å². The molecule has 2 aromatic heterocycles. The molecule has 2 heterocycles. The van der Waals surface area contributed by atoms with E-state index in [0.717, 1.165) is 5.56 Å². The molecule has 0 unspecified atom stereocenters. The third-order valence-electron chi connectivity index (χ3n) is 3.68. The molecule has 0 atom stereocenters. The number of halogens is 2. The van der Waals surface area contributed by atoms with Crippen LogP contribution in [0.1, 0.15) is 19.0 Å². The first-order valence-corrected chi connectivity index (χ1v) is 9.70. The molecule has 0 bridgehead atoms. The number of hydrogen-bond acceptors (Lipinski definition) is 5. The normalized spacial score (nSPS) is 11.6. The average molecular weight is 393 g/mol. The summed E-state index contributed by atoms with van der Waals surface area (Å²) in [5.74, 6) is 0.667. The molecule has 0 aliphatic heterocycles. The van der Waals surface area contributed by atoms with E-state index >= 15 is 0 Å². The Kier molecular flexibility index (Phi) is 5.36. The van der Waals surface area contributed by atoms with Gasteiger partial charge in [0.2, 0.25) is 10.0 Å². The number of rotatable bonds is 7. The summed E-state index contributed by atoms with van der Waals surface area (Å²) < 4.78 is 51.0. The molecule has 0 spiro atoms. The van der Waals surface area contributed by atoms with Gasteiger partial charge in [0.1, 0.15) is 11.5 Å². The van der Waals surface area contributed by atoms with E-state index in [1.165, 1.54) is 12.1 Å². The summed E-state index contributed by atoms with van der Waals surface area (Å²) in [6, 6.07) is 12.8. The molecule has 0 aliphatic carbocycles. The van der Waals surface area contributed by atoms with Crippen LogP contribution < -0.4 is 10.0 Å². The smallest absolute Gasteiger partial charge is 0.280 e. The number of anilines is 3. The molecule has 0 saturated carbocycles. The summed E-state index contributed by atoms with van der Waals surface area (Å²) in [7, 11) is -3.33. The van der Waals surface area contributed by atoms with E-state index in [-0.39, 0.29) is 17.3 Å². The lowest BCUT2D eigenvalue weighted by atomic mass is 10.1. The van der Waals surface area contributed by atoms with Crippen molar-refractivity contribution in [2.45, 2.75) is 13.3 Å². The van der Waals surface area contributed by atoms with Gasteiger partial charge in [-0.25, -0.2) is 22.2 Å². The van der Waals surface area contributed by atoms with Gasteiger partial charge in [0, 0.05) is 11.8 Å². The number of alkyl halides is 2. The number of H-pyrrole nitrogens is 1. The van der Waals surface area contributed by atoms with Crippen molar-refractivity contribution in [1.82, 2.24) is 15.2 Å². The predicted molar refractivity (Wildman–Crippen MR) is 99.6 cm³/mol. The monoisotopic (exact) mass is 393 g/mol. The molecule has 0 aliphatic rings. The molecule has 10 heteroatoms. The van der Waals surface area contributed by atoms with Crippen LogP contribution in [-0.2, 0) is 10.0 Å². The fourth-order valence-corrected chi connectivity index (χ4v) is 2.92. The summed E-state index contributed by atoms with van der Waals surface area (Å²) in [6.45, 7) is 1.56. The minimum Gasteiger partial charge on any atom is -0.323 e. The first-order chi connectivity index (χ1) is 12.9. The zero-order valence-electron chi connectivity index (χ0n) is 14.3. The second kappa shape index (κ2) is 7.70. The zero-order chi connectivity index (χ0) is 19.4. The quantitative estimate of drug-likeness (QED) is 0.565. The number of aromatic nitrogens is 3. The number of benzene rings is 1. The first-order valence-electron chi connectivity index (χ1n) is 8.05. The number of aromatic amines is 1. The fraction of sp³-hybridized carbons (Fsp3) is 0.176. The predicted octanol–water partition coefficient (Wildman–Crippen LogP) is 3.91. The van der Waals surface area contributed by atoms with Gasteiger partial charge in [-0.3, -0.25) is 9.82 Å². The molecule has 27 heavy (non-hydrogen) atoms. The van der Waals surface area contributed by atoms with Gasteiger partial charge in [0.25, 0.3) is 6.43 Å².